The normalized spacial score (nSPS) is 13.0. The zero-order valence-corrected chi connectivity index (χ0v) is 16.0. The molecule has 3 heteroatoms. The summed E-state index contributed by atoms with van der Waals surface area (Å²) in [6.45, 7) is 14.8. The Hall–Kier alpha value is -0.833. The lowest BCUT2D eigenvalue weighted by molar-refractivity contribution is -0.125. The molecule has 21 heavy (non-hydrogen) atoms. The van der Waals surface area contributed by atoms with E-state index in [2.05, 4.69) is 38.7 Å². The Morgan fingerprint density at radius 2 is 1.62 bits per heavy atom. The molecule has 0 atom stereocenters. The molecule has 0 aliphatic heterocycles. The Morgan fingerprint density at radius 1 is 1.00 bits per heavy atom. The highest BCUT2D eigenvalue weighted by Gasteiger charge is 2.19. The topological polar surface area (TPSA) is 20.3 Å². The van der Waals surface area contributed by atoms with E-state index in [-0.39, 0.29) is 5.91 Å². The van der Waals surface area contributed by atoms with Gasteiger partial charge in [-0.3, -0.25) is 4.79 Å². The van der Waals surface area contributed by atoms with Crippen molar-refractivity contribution >= 4 is 14.0 Å². The lowest BCUT2D eigenvalue weighted by Gasteiger charge is -2.21. The number of likely N-dealkylation sites (N-methyl/N-ethyl adjacent to an activating group) is 1. The number of amides is 1. The lowest BCUT2D eigenvalue weighted by Crippen LogP contribution is -2.31. The Morgan fingerprint density at radius 3 is 2.10 bits per heavy atom. The zero-order valence-electron chi connectivity index (χ0n) is 15.0. The number of hydrogen-bond acceptors (Lipinski definition) is 1. The maximum absolute atomic E-state index is 12.3. The highest BCUT2D eigenvalue weighted by molar-refractivity contribution is 6.84. The van der Waals surface area contributed by atoms with E-state index in [4.69, 9.17) is 0 Å². The lowest BCUT2D eigenvalue weighted by atomic mass is 10.1. The Balaban J connectivity index is 4.74. The van der Waals surface area contributed by atoms with Crippen LogP contribution < -0.4 is 0 Å². The molecule has 0 saturated carbocycles. The molecule has 0 unspecified atom stereocenters. The van der Waals surface area contributed by atoms with Gasteiger partial charge in [-0.25, -0.2) is 0 Å². The van der Waals surface area contributed by atoms with E-state index in [0.717, 1.165) is 19.5 Å². The largest absolute Gasteiger partial charge is 0.340 e. The highest BCUT2D eigenvalue weighted by atomic mass is 28.3. The number of hydrogen-bond donors (Lipinski definition) is 0. The Kier molecular flexibility index (Phi) is 10.4. The minimum atomic E-state index is -1.47. The third kappa shape index (κ3) is 8.92. The van der Waals surface area contributed by atoms with Crippen molar-refractivity contribution in [3.05, 3.63) is 23.4 Å². The third-order valence-corrected chi connectivity index (χ3v) is 5.78. The van der Waals surface area contributed by atoms with Crippen LogP contribution >= 0.6 is 0 Å². The average molecular weight is 310 g/mol. The summed E-state index contributed by atoms with van der Waals surface area (Å²) in [6.07, 6.45) is 12.6. The maximum atomic E-state index is 12.3. The Labute approximate surface area is 133 Å². The molecular weight excluding hydrogens is 274 g/mol. The first-order chi connectivity index (χ1) is 9.86. The van der Waals surface area contributed by atoms with Gasteiger partial charge in [0.25, 0.3) is 0 Å². The smallest absolute Gasteiger partial charge is 0.246 e. The molecule has 0 radical (unpaired) electrons. The molecule has 0 aromatic heterocycles. The summed E-state index contributed by atoms with van der Waals surface area (Å²) in [5, 5.41) is 1.26. The van der Waals surface area contributed by atoms with Crippen molar-refractivity contribution < 1.29 is 4.79 Å². The molecule has 0 heterocycles. The third-order valence-electron chi connectivity index (χ3n) is 3.74. The summed E-state index contributed by atoms with van der Waals surface area (Å²) in [4.78, 5) is 14.2. The van der Waals surface area contributed by atoms with Crippen LogP contribution in [0.25, 0.3) is 0 Å². The fraction of sp³-hybridized carbons (Fsp3) is 0.722. The standard InChI is InChI=1S/C18H35NOSi/c1-7-10-11-12-13-14-15-17(21(4,5)6)16-18(20)19(8-2)9-3/h14-16H,7-13H2,1-6H3/b15-14+,17-16-. The van der Waals surface area contributed by atoms with Crippen LogP contribution in [-0.4, -0.2) is 32.0 Å². The maximum Gasteiger partial charge on any atom is 0.246 e. The summed E-state index contributed by atoms with van der Waals surface area (Å²) in [6, 6.07) is 0. The van der Waals surface area contributed by atoms with E-state index < -0.39 is 8.07 Å². The molecule has 0 aromatic carbocycles. The van der Waals surface area contributed by atoms with Crippen LogP contribution in [0.5, 0.6) is 0 Å². The van der Waals surface area contributed by atoms with Gasteiger partial charge in [-0.2, -0.15) is 0 Å². The number of allylic oxidation sites excluding steroid dienone is 3. The summed E-state index contributed by atoms with van der Waals surface area (Å²) in [5.41, 5.74) is 0. The summed E-state index contributed by atoms with van der Waals surface area (Å²) < 4.78 is 0. The molecule has 0 aliphatic rings. The zero-order chi connectivity index (χ0) is 16.3. The molecular formula is C18H35NOSi. The van der Waals surface area contributed by atoms with Gasteiger partial charge < -0.3 is 4.90 Å². The average Bonchev–Trinajstić information content (AvgIpc) is 2.41. The molecule has 0 fully saturated rings. The summed E-state index contributed by atoms with van der Waals surface area (Å²) in [7, 11) is -1.47. The monoisotopic (exact) mass is 309 g/mol. The van der Waals surface area contributed by atoms with Gasteiger partial charge in [-0.1, -0.05) is 63.2 Å². The predicted molar refractivity (Wildman–Crippen MR) is 97.3 cm³/mol. The number of nitrogens with zero attached hydrogens (tertiary/aromatic N) is 1. The van der Waals surface area contributed by atoms with E-state index >= 15 is 0 Å². The van der Waals surface area contributed by atoms with Gasteiger partial charge in [0.1, 0.15) is 0 Å². The molecule has 122 valence electrons. The van der Waals surface area contributed by atoms with Crippen molar-refractivity contribution in [2.45, 2.75) is 72.5 Å². The van der Waals surface area contributed by atoms with E-state index in [1.807, 2.05) is 24.8 Å². The molecule has 0 saturated heterocycles. The van der Waals surface area contributed by atoms with Gasteiger partial charge in [-0.15, -0.1) is 0 Å². The molecule has 0 rings (SSSR count). The van der Waals surface area contributed by atoms with Crippen LogP contribution in [0.4, 0.5) is 0 Å². The number of carbonyl (C=O) groups excluding carboxylic acids is 1. The predicted octanol–water partition coefficient (Wildman–Crippen LogP) is 5.19. The SMILES string of the molecule is CCCCCC/C=C/C(=C/C(=O)N(CC)CC)[Si](C)(C)C. The highest BCUT2D eigenvalue weighted by Crippen LogP contribution is 2.17. The first-order valence-corrected chi connectivity index (χ1v) is 12.0. The minimum Gasteiger partial charge on any atom is -0.340 e. The molecule has 0 bridgehead atoms. The van der Waals surface area contributed by atoms with Gasteiger partial charge in [0.05, 0.1) is 8.07 Å². The van der Waals surface area contributed by atoms with Crippen LogP contribution in [0.2, 0.25) is 19.6 Å². The molecule has 0 aromatic rings. The van der Waals surface area contributed by atoms with E-state index in [1.165, 1.54) is 30.9 Å². The number of unbranched alkanes of at least 4 members (excludes halogenated alkanes) is 4. The quantitative estimate of drug-likeness (QED) is 0.235. The number of carbonyl (C=O) groups is 1. The van der Waals surface area contributed by atoms with Crippen LogP contribution in [-0.2, 0) is 4.79 Å². The van der Waals surface area contributed by atoms with Gasteiger partial charge in [0, 0.05) is 19.2 Å². The van der Waals surface area contributed by atoms with E-state index in [0.29, 0.717) is 0 Å². The molecule has 0 N–H and O–H groups in total. The second-order valence-corrected chi connectivity index (χ2v) is 11.7. The van der Waals surface area contributed by atoms with Gasteiger partial charge in [0.2, 0.25) is 5.91 Å². The fourth-order valence-electron chi connectivity index (χ4n) is 2.17. The van der Waals surface area contributed by atoms with Crippen LogP contribution in [0.1, 0.15) is 52.9 Å². The molecule has 2 nitrogen and oxygen atoms in total. The molecule has 0 spiro atoms. The van der Waals surface area contributed by atoms with Crippen molar-refractivity contribution in [2.24, 2.45) is 0 Å². The van der Waals surface area contributed by atoms with Crippen molar-refractivity contribution in [2.75, 3.05) is 13.1 Å². The van der Waals surface area contributed by atoms with E-state index in [9.17, 15) is 4.79 Å². The summed E-state index contributed by atoms with van der Waals surface area (Å²) in [5.74, 6) is 0.160. The van der Waals surface area contributed by atoms with Crippen LogP contribution in [0.15, 0.2) is 23.4 Å². The fourth-order valence-corrected chi connectivity index (χ4v) is 3.35. The van der Waals surface area contributed by atoms with Crippen LogP contribution in [0, 0.1) is 0 Å². The van der Waals surface area contributed by atoms with Crippen molar-refractivity contribution in [1.82, 2.24) is 4.90 Å². The minimum absolute atomic E-state index is 0.160. The van der Waals surface area contributed by atoms with Crippen molar-refractivity contribution in [3.63, 3.8) is 0 Å². The van der Waals surface area contributed by atoms with E-state index in [1.54, 1.807) is 0 Å². The van der Waals surface area contributed by atoms with Gasteiger partial charge >= 0.3 is 0 Å². The first kappa shape index (κ1) is 20.2. The van der Waals surface area contributed by atoms with Gasteiger partial charge in [0.15, 0.2) is 0 Å². The molecule has 0 aliphatic carbocycles. The first-order valence-electron chi connectivity index (χ1n) is 8.54. The molecule has 1 amide bonds. The number of rotatable bonds is 10. The Bertz CT molecular complexity index is 349. The van der Waals surface area contributed by atoms with Crippen LogP contribution in [0.3, 0.4) is 0 Å². The van der Waals surface area contributed by atoms with Gasteiger partial charge in [-0.05, 0) is 26.7 Å². The summed E-state index contributed by atoms with van der Waals surface area (Å²) >= 11 is 0. The second kappa shape index (κ2) is 10.8. The second-order valence-electron chi connectivity index (χ2n) is 6.61. The van der Waals surface area contributed by atoms with Crippen molar-refractivity contribution in [3.8, 4) is 0 Å². The van der Waals surface area contributed by atoms with Crippen molar-refractivity contribution in [1.29, 1.82) is 0 Å².